The number of halogens is 1. The van der Waals surface area contributed by atoms with Gasteiger partial charge in [-0.25, -0.2) is 9.96 Å². The average molecular weight is 406 g/mol. The molecule has 3 atom stereocenters. The first-order valence-corrected chi connectivity index (χ1v) is 9.57. The maximum absolute atomic E-state index is 13.4. The SMILES string of the molecule is O=C1[C@@H]2[C@H](ON(c3ccc(Cl)cc3)[C@H]2c2cccnc2)C(=O)N1c1ccccc1. The number of pyridine rings is 1. The number of imide groups is 1. The monoisotopic (exact) mass is 405 g/mol. The summed E-state index contributed by atoms with van der Waals surface area (Å²) in [6, 6.07) is 19.2. The van der Waals surface area contributed by atoms with E-state index in [9.17, 15) is 9.59 Å². The van der Waals surface area contributed by atoms with Gasteiger partial charge in [0.2, 0.25) is 5.91 Å². The second-order valence-electron chi connectivity index (χ2n) is 6.93. The van der Waals surface area contributed by atoms with E-state index in [1.54, 1.807) is 72.1 Å². The molecule has 5 rings (SSSR count). The van der Waals surface area contributed by atoms with Crippen LogP contribution in [0.4, 0.5) is 11.4 Å². The fraction of sp³-hybridized carbons (Fsp3) is 0.136. The molecule has 0 saturated carbocycles. The van der Waals surface area contributed by atoms with Crippen LogP contribution in [0.1, 0.15) is 11.6 Å². The van der Waals surface area contributed by atoms with Crippen molar-refractivity contribution in [3.05, 3.63) is 89.7 Å². The molecular formula is C22H16ClN3O3. The lowest BCUT2D eigenvalue weighted by molar-refractivity contribution is -0.126. The van der Waals surface area contributed by atoms with Gasteiger partial charge in [-0.05, 0) is 48.0 Å². The van der Waals surface area contributed by atoms with Crippen LogP contribution < -0.4 is 9.96 Å². The Morgan fingerprint density at radius 2 is 1.62 bits per heavy atom. The number of carbonyl (C=O) groups excluding carboxylic acids is 2. The first-order chi connectivity index (χ1) is 14.1. The number of hydroxylamine groups is 1. The highest BCUT2D eigenvalue weighted by atomic mass is 35.5. The minimum absolute atomic E-state index is 0.281. The van der Waals surface area contributed by atoms with Crippen molar-refractivity contribution in [2.45, 2.75) is 12.1 Å². The molecule has 7 heteroatoms. The van der Waals surface area contributed by atoms with Crippen LogP contribution in [0.2, 0.25) is 5.02 Å². The number of carbonyl (C=O) groups is 2. The van der Waals surface area contributed by atoms with Gasteiger partial charge in [-0.2, -0.15) is 0 Å². The molecule has 0 spiro atoms. The van der Waals surface area contributed by atoms with Crippen LogP contribution in [0.15, 0.2) is 79.1 Å². The van der Waals surface area contributed by atoms with E-state index >= 15 is 0 Å². The van der Waals surface area contributed by atoms with Gasteiger partial charge in [0, 0.05) is 17.4 Å². The molecule has 2 aliphatic heterocycles. The van der Waals surface area contributed by atoms with Crippen LogP contribution in [0.25, 0.3) is 0 Å². The highest BCUT2D eigenvalue weighted by Gasteiger charge is 2.60. The fourth-order valence-electron chi connectivity index (χ4n) is 3.95. The number of hydrogen-bond donors (Lipinski definition) is 0. The third-order valence-electron chi connectivity index (χ3n) is 5.24. The number of amides is 2. The molecule has 29 heavy (non-hydrogen) atoms. The molecular weight excluding hydrogens is 390 g/mol. The highest BCUT2D eigenvalue weighted by Crippen LogP contribution is 2.47. The molecule has 2 amide bonds. The Morgan fingerprint density at radius 3 is 2.31 bits per heavy atom. The highest BCUT2D eigenvalue weighted by molar-refractivity contribution is 6.30. The van der Waals surface area contributed by atoms with Crippen LogP contribution >= 0.6 is 11.6 Å². The van der Waals surface area contributed by atoms with Crippen molar-refractivity contribution >= 4 is 34.8 Å². The second-order valence-corrected chi connectivity index (χ2v) is 7.37. The third-order valence-corrected chi connectivity index (χ3v) is 5.49. The molecule has 2 aliphatic rings. The van der Waals surface area contributed by atoms with Gasteiger partial charge in [0.1, 0.15) is 5.92 Å². The van der Waals surface area contributed by atoms with Gasteiger partial charge >= 0.3 is 0 Å². The molecule has 1 aromatic heterocycles. The van der Waals surface area contributed by atoms with Crippen molar-refractivity contribution in [1.29, 1.82) is 0 Å². The van der Waals surface area contributed by atoms with Gasteiger partial charge in [0.25, 0.3) is 5.91 Å². The van der Waals surface area contributed by atoms with E-state index in [0.717, 1.165) is 5.56 Å². The Hall–Kier alpha value is -3.22. The summed E-state index contributed by atoms with van der Waals surface area (Å²) in [4.78, 5) is 38.0. The smallest absolute Gasteiger partial charge is 0.266 e. The van der Waals surface area contributed by atoms with Gasteiger partial charge in [-0.3, -0.25) is 19.4 Å². The Morgan fingerprint density at radius 1 is 0.862 bits per heavy atom. The molecule has 0 N–H and O–H groups in total. The maximum Gasteiger partial charge on any atom is 0.266 e. The number of para-hydroxylation sites is 1. The van der Waals surface area contributed by atoms with Crippen LogP contribution in [0.3, 0.4) is 0 Å². The zero-order valence-corrected chi connectivity index (χ0v) is 15.9. The quantitative estimate of drug-likeness (QED) is 0.620. The molecule has 3 aromatic rings. The Labute approximate surface area is 172 Å². The summed E-state index contributed by atoms with van der Waals surface area (Å²) in [5.41, 5.74) is 2.05. The van der Waals surface area contributed by atoms with Gasteiger partial charge < -0.3 is 0 Å². The number of nitrogens with zero attached hydrogens (tertiary/aromatic N) is 3. The second kappa shape index (κ2) is 6.99. The molecule has 3 heterocycles. The van der Waals surface area contributed by atoms with E-state index in [-0.39, 0.29) is 11.8 Å². The van der Waals surface area contributed by atoms with Crippen LogP contribution in [0.5, 0.6) is 0 Å². The average Bonchev–Trinajstić information content (AvgIpc) is 3.26. The standard InChI is InChI=1S/C22H16ClN3O3/c23-15-8-10-17(11-9-15)26-19(14-5-4-12-24-13-14)18-20(29-26)22(28)25(21(18)27)16-6-2-1-3-7-16/h1-13,18-20H/t18-,19-,20-/m0/s1. The summed E-state index contributed by atoms with van der Waals surface area (Å²) in [5, 5.41) is 2.22. The van der Waals surface area contributed by atoms with Gasteiger partial charge in [-0.15, -0.1) is 0 Å². The zero-order valence-electron chi connectivity index (χ0n) is 15.2. The molecule has 2 saturated heterocycles. The number of aromatic nitrogens is 1. The lowest BCUT2D eigenvalue weighted by atomic mass is 9.91. The van der Waals surface area contributed by atoms with Crippen molar-refractivity contribution < 1.29 is 14.4 Å². The van der Waals surface area contributed by atoms with Crippen molar-refractivity contribution in [3.8, 4) is 0 Å². The number of fused-ring (bicyclic) bond motifs is 1. The van der Waals surface area contributed by atoms with Gasteiger partial charge in [0.05, 0.1) is 17.4 Å². The van der Waals surface area contributed by atoms with E-state index < -0.39 is 18.1 Å². The molecule has 0 radical (unpaired) electrons. The largest absolute Gasteiger partial charge is 0.273 e. The van der Waals surface area contributed by atoms with Crippen LogP contribution in [-0.4, -0.2) is 22.9 Å². The molecule has 0 unspecified atom stereocenters. The van der Waals surface area contributed by atoms with E-state index in [4.69, 9.17) is 16.4 Å². The number of benzene rings is 2. The lowest BCUT2D eigenvalue weighted by Gasteiger charge is -2.28. The summed E-state index contributed by atoms with van der Waals surface area (Å²) >= 11 is 6.02. The first-order valence-electron chi connectivity index (χ1n) is 9.19. The topological polar surface area (TPSA) is 62.7 Å². The number of rotatable bonds is 3. The molecule has 6 nitrogen and oxygen atoms in total. The van der Waals surface area contributed by atoms with E-state index in [1.807, 2.05) is 12.1 Å². The number of anilines is 2. The van der Waals surface area contributed by atoms with E-state index in [0.29, 0.717) is 16.4 Å². The third kappa shape index (κ3) is 2.88. The summed E-state index contributed by atoms with van der Waals surface area (Å²) in [6.07, 6.45) is 2.47. The van der Waals surface area contributed by atoms with E-state index in [1.165, 1.54) is 4.90 Å². The van der Waals surface area contributed by atoms with Crippen molar-refractivity contribution in [1.82, 2.24) is 4.98 Å². The minimum Gasteiger partial charge on any atom is -0.273 e. The summed E-state index contributed by atoms with van der Waals surface area (Å²) in [6.45, 7) is 0. The van der Waals surface area contributed by atoms with Gasteiger partial charge in [0.15, 0.2) is 6.10 Å². The number of hydrogen-bond acceptors (Lipinski definition) is 5. The maximum atomic E-state index is 13.4. The molecule has 2 aromatic carbocycles. The Kier molecular flexibility index (Phi) is 4.30. The predicted molar refractivity (Wildman–Crippen MR) is 108 cm³/mol. The molecule has 2 fully saturated rings. The predicted octanol–water partition coefficient (Wildman–Crippen LogP) is 3.79. The Bertz CT molecular complexity index is 1060. The van der Waals surface area contributed by atoms with Crippen LogP contribution in [-0.2, 0) is 14.4 Å². The summed E-state index contributed by atoms with van der Waals surface area (Å²) in [5.74, 6) is -1.32. The van der Waals surface area contributed by atoms with Gasteiger partial charge in [-0.1, -0.05) is 35.9 Å². The van der Waals surface area contributed by atoms with Crippen molar-refractivity contribution in [2.75, 3.05) is 9.96 Å². The summed E-state index contributed by atoms with van der Waals surface area (Å²) in [7, 11) is 0. The van der Waals surface area contributed by atoms with Crippen molar-refractivity contribution in [2.24, 2.45) is 5.92 Å². The summed E-state index contributed by atoms with van der Waals surface area (Å²) < 4.78 is 0. The molecule has 0 bridgehead atoms. The van der Waals surface area contributed by atoms with Crippen LogP contribution in [0, 0.1) is 5.92 Å². The molecule has 0 aliphatic carbocycles. The fourth-order valence-corrected chi connectivity index (χ4v) is 4.07. The molecule has 144 valence electrons. The lowest BCUT2D eigenvalue weighted by Crippen LogP contribution is -2.37. The van der Waals surface area contributed by atoms with Crippen molar-refractivity contribution in [3.63, 3.8) is 0 Å². The Balaban J connectivity index is 1.58. The van der Waals surface area contributed by atoms with E-state index in [2.05, 4.69) is 4.98 Å². The zero-order chi connectivity index (χ0) is 20.0. The normalized spacial score (nSPS) is 23.6. The first kappa shape index (κ1) is 17.8. The minimum atomic E-state index is -0.899.